The lowest BCUT2D eigenvalue weighted by Crippen LogP contribution is -2.07. The van der Waals surface area contributed by atoms with Crippen LogP contribution in [-0.4, -0.2) is 20.0 Å². The molecule has 26 heavy (non-hydrogen) atoms. The fourth-order valence-electron chi connectivity index (χ4n) is 2.65. The minimum absolute atomic E-state index is 0.228. The van der Waals surface area contributed by atoms with E-state index in [1.807, 2.05) is 41.0 Å². The van der Waals surface area contributed by atoms with Crippen molar-refractivity contribution in [2.45, 2.75) is 30.3 Å². The molecule has 0 spiro atoms. The van der Waals surface area contributed by atoms with Gasteiger partial charge in [-0.15, -0.1) is 16.8 Å². The number of nitrogens with zero attached hydrogens (tertiary/aromatic N) is 4. The molecule has 0 aliphatic heterocycles. The second kappa shape index (κ2) is 8.50. The lowest BCUT2D eigenvalue weighted by atomic mass is 10.1. The van der Waals surface area contributed by atoms with Crippen LogP contribution in [0.5, 0.6) is 0 Å². The number of aryl methyl sites for hydroxylation is 1. The topological polar surface area (TPSA) is 54.5 Å². The Morgan fingerprint density at radius 2 is 1.88 bits per heavy atom. The lowest BCUT2D eigenvalue weighted by Gasteiger charge is -2.11. The predicted octanol–water partition coefficient (Wildman–Crippen LogP) is 4.67. The Labute approximate surface area is 158 Å². The van der Waals surface area contributed by atoms with Crippen LogP contribution in [0.1, 0.15) is 11.1 Å². The van der Waals surface area contributed by atoms with Gasteiger partial charge >= 0.3 is 0 Å². The van der Waals surface area contributed by atoms with Gasteiger partial charge in [0.1, 0.15) is 5.25 Å². The molecule has 2 aromatic carbocycles. The second-order valence-corrected chi connectivity index (χ2v) is 7.17. The smallest absolute Gasteiger partial charge is 0.193 e. The molecular weight excluding hydrogens is 340 g/mol. The number of allylic oxidation sites excluding steroid dienone is 1. The highest BCUT2D eigenvalue weighted by molar-refractivity contribution is 8.00. The van der Waals surface area contributed by atoms with Gasteiger partial charge in [0.2, 0.25) is 0 Å². The first-order valence-electron chi connectivity index (χ1n) is 8.42. The minimum atomic E-state index is -0.228. The van der Waals surface area contributed by atoms with Gasteiger partial charge in [0.05, 0.1) is 6.07 Å². The summed E-state index contributed by atoms with van der Waals surface area (Å²) in [5.74, 6) is 0.792. The molecule has 0 saturated carbocycles. The molecule has 3 aromatic rings. The zero-order valence-corrected chi connectivity index (χ0v) is 15.5. The summed E-state index contributed by atoms with van der Waals surface area (Å²) in [5, 5.41) is 18.8. The average molecular weight is 360 g/mol. The molecular formula is C21H20N4S. The zero-order valence-electron chi connectivity index (χ0n) is 14.7. The van der Waals surface area contributed by atoms with Gasteiger partial charge in [-0.2, -0.15) is 5.26 Å². The predicted molar refractivity (Wildman–Crippen MR) is 106 cm³/mol. The average Bonchev–Trinajstić information content (AvgIpc) is 3.06. The summed E-state index contributed by atoms with van der Waals surface area (Å²) in [6.45, 7) is 6.49. The summed E-state index contributed by atoms with van der Waals surface area (Å²) >= 11 is 1.45. The van der Waals surface area contributed by atoms with E-state index in [1.165, 1.54) is 17.3 Å². The maximum absolute atomic E-state index is 9.60. The minimum Gasteiger partial charge on any atom is -0.298 e. The third-order valence-electron chi connectivity index (χ3n) is 3.99. The number of hydrogen-bond donors (Lipinski definition) is 0. The molecule has 0 radical (unpaired) electrons. The molecule has 0 bridgehead atoms. The van der Waals surface area contributed by atoms with Crippen molar-refractivity contribution in [3.05, 3.63) is 78.4 Å². The molecule has 5 heteroatoms. The standard InChI is InChI=1S/C21H20N4S/c1-3-13-25-20(18-7-5-4-6-8-18)23-24-21(25)26-19(15-22)14-17-11-9-16(2)10-12-17/h3-12,19H,1,13-14H2,2H3/t19-/m1/s1. The molecule has 0 unspecified atom stereocenters. The van der Waals surface area contributed by atoms with Gasteiger partial charge in [0.15, 0.2) is 11.0 Å². The third kappa shape index (κ3) is 4.22. The third-order valence-corrected chi connectivity index (χ3v) is 5.06. The van der Waals surface area contributed by atoms with Crippen molar-refractivity contribution in [1.29, 1.82) is 5.26 Å². The number of nitriles is 1. The molecule has 1 atom stereocenters. The van der Waals surface area contributed by atoms with E-state index in [9.17, 15) is 5.26 Å². The number of thioether (sulfide) groups is 1. The summed E-state index contributed by atoms with van der Waals surface area (Å²) in [4.78, 5) is 0. The highest BCUT2D eigenvalue weighted by Crippen LogP contribution is 2.28. The number of aromatic nitrogens is 3. The van der Waals surface area contributed by atoms with Gasteiger partial charge < -0.3 is 0 Å². The van der Waals surface area contributed by atoms with Crippen molar-refractivity contribution in [2.75, 3.05) is 0 Å². The highest BCUT2D eigenvalue weighted by Gasteiger charge is 2.18. The van der Waals surface area contributed by atoms with Crippen molar-refractivity contribution in [3.63, 3.8) is 0 Å². The van der Waals surface area contributed by atoms with Crippen LogP contribution in [-0.2, 0) is 13.0 Å². The van der Waals surface area contributed by atoms with Crippen LogP contribution in [0.25, 0.3) is 11.4 Å². The first kappa shape index (κ1) is 18.0. The van der Waals surface area contributed by atoms with Gasteiger partial charge in [0.25, 0.3) is 0 Å². The second-order valence-electron chi connectivity index (χ2n) is 6.00. The largest absolute Gasteiger partial charge is 0.298 e. The van der Waals surface area contributed by atoms with Crippen LogP contribution in [0, 0.1) is 18.3 Å². The van der Waals surface area contributed by atoms with Crippen molar-refractivity contribution < 1.29 is 0 Å². The van der Waals surface area contributed by atoms with E-state index in [1.54, 1.807) is 0 Å². The summed E-state index contributed by atoms with van der Waals surface area (Å²) in [6, 6.07) is 20.6. The van der Waals surface area contributed by atoms with Gasteiger partial charge in [-0.05, 0) is 18.9 Å². The number of hydrogen-bond acceptors (Lipinski definition) is 4. The first-order valence-corrected chi connectivity index (χ1v) is 9.30. The summed E-state index contributed by atoms with van der Waals surface area (Å²) in [6.07, 6.45) is 2.49. The Hall–Kier alpha value is -2.84. The van der Waals surface area contributed by atoms with E-state index in [4.69, 9.17) is 0 Å². The van der Waals surface area contributed by atoms with Crippen LogP contribution in [0.3, 0.4) is 0 Å². The van der Waals surface area contributed by atoms with Gasteiger partial charge in [0, 0.05) is 12.1 Å². The Bertz CT molecular complexity index is 907. The van der Waals surface area contributed by atoms with E-state index in [0.717, 1.165) is 22.1 Å². The molecule has 0 aliphatic carbocycles. The molecule has 1 aromatic heterocycles. The summed E-state index contributed by atoms with van der Waals surface area (Å²) in [5.41, 5.74) is 3.36. The van der Waals surface area contributed by atoms with Gasteiger partial charge in [-0.1, -0.05) is 78.0 Å². The lowest BCUT2D eigenvalue weighted by molar-refractivity contribution is 0.729. The molecule has 3 rings (SSSR count). The Kier molecular flexibility index (Phi) is 5.88. The van der Waals surface area contributed by atoms with Gasteiger partial charge in [-0.3, -0.25) is 4.57 Å². The number of rotatable bonds is 7. The molecule has 0 amide bonds. The molecule has 130 valence electrons. The quantitative estimate of drug-likeness (QED) is 0.454. The molecule has 0 fully saturated rings. The first-order chi connectivity index (χ1) is 12.7. The van der Waals surface area contributed by atoms with Crippen molar-refractivity contribution in [2.24, 2.45) is 0 Å². The molecule has 0 aliphatic rings. The van der Waals surface area contributed by atoms with Gasteiger partial charge in [-0.25, -0.2) is 0 Å². The van der Waals surface area contributed by atoms with E-state index in [-0.39, 0.29) is 5.25 Å². The zero-order chi connectivity index (χ0) is 18.4. The van der Waals surface area contributed by atoms with Crippen LogP contribution in [0.4, 0.5) is 0 Å². The van der Waals surface area contributed by atoms with E-state index >= 15 is 0 Å². The van der Waals surface area contributed by atoms with Crippen molar-refractivity contribution >= 4 is 11.8 Å². The highest BCUT2D eigenvalue weighted by atomic mass is 32.2. The maximum Gasteiger partial charge on any atom is 0.193 e. The maximum atomic E-state index is 9.60. The summed E-state index contributed by atoms with van der Waals surface area (Å²) < 4.78 is 2.01. The SMILES string of the molecule is C=CCn1c(S[C@@H](C#N)Cc2ccc(C)cc2)nnc1-c1ccccc1. The Morgan fingerprint density at radius 3 is 2.54 bits per heavy atom. The van der Waals surface area contributed by atoms with Crippen molar-refractivity contribution in [1.82, 2.24) is 14.8 Å². The van der Waals surface area contributed by atoms with Crippen LogP contribution in [0.15, 0.2) is 72.4 Å². The fourth-order valence-corrected chi connectivity index (χ4v) is 3.61. The van der Waals surface area contributed by atoms with E-state index < -0.39 is 0 Å². The van der Waals surface area contributed by atoms with E-state index in [0.29, 0.717) is 13.0 Å². The molecule has 4 nitrogen and oxygen atoms in total. The number of benzene rings is 2. The van der Waals surface area contributed by atoms with E-state index in [2.05, 4.69) is 54.0 Å². The van der Waals surface area contributed by atoms with Crippen LogP contribution >= 0.6 is 11.8 Å². The Morgan fingerprint density at radius 1 is 1.15 bits per heavy atom. The van der Waals surface area contributed by atoms with Crippen LogP contribution in [0.2, 0.25) is 0 Å². The normalized spacial score (nSPS) is 11.7. The van der Waals surface area contributed by atoms with Crippen molar-refractivity contribution in [3.8, 4) is 17.5 Å². The molecule has 1 heterocycles. The fraction of sp³-hybridized carbons (Fsp3) is 0.190. The molecule has 0 N–H and O–H groups in total. The summed E-state index contributed by atoms with van der Waals surface area (Å²) in [7, 11) is 0. The Balaban J connectivity index is 1.84. The monoisotopic (exact) mass is 360 g/mol. The van der Waals surface area contributed by atoms with Crippen LogP contribution < -0.4 is 0 Å². The molecule has 0 saturated heterocycles.